The number of piperidine rings is 1. The molecule has 20 heavy (non-hydrogen) atoms. The van der Waals surface area contributed by atoms with Crippen LogP contribution in [0.25, 0.3) is 0 Å². The third kappa shape index (κ3) is 1.66. The number of benzene rings is 1. The number of rotatable bonds is 1. The summed E-state index contributed by atoms with van der Waals surface area (Å²) in [6, 6.07) is 4.97. The lowest BCUT2D eigenvalue weighted by molar-refractivity contribution is -0.124. The molecule has 1 unspecified atom stereocenters. The first kappa shape index (κ1) is 12.9. The van der Waals surface area contributed by atoms with Gasteiger partial charge in [0.2, 0.25) is 5.91 Å². The largest absolute Gasteiger partial charge is 0.329 e. The smallest absolute Gasteiger partial charge is 0.269 e. The average Bonchev–Trinajstić information content (AvgIpc) is 2.60. The van der Waals surface area contributed by atoms with Gasteiger partial charge in [-0.15, -0.1) is 0 Å². The zero-order chi connectivity index (χ0) is 14.5. The molecule has 6 nitrogen and oxygen atoms in total. The predicted octanol–water partition coefficient (Wildman–Crippen LogP) is 0.623. The van der Waals surface area contributed by atoms with Gasteiger partial charge >= 0.3 is 0 Å². The third-order valence-electron chi connectivity index (χ3n) is 3.46. The molecule has 0 saturated carbocycles. The molecule has 1 fully saturated rings. The Morgan fingerprint density at radius 1 is 1.25 bits per heavy atom. The van der Waals surface area contributed by atoms with Crippen molar-refractivity contribution in [3.8, 4) is 0 Å². The molecule has 0 aliphatic carbocycles. The van der Waals surface area contributed by atoms with Gasteiger partial charge in [0.05, 0.1) is 5.56 Å². The summed E-state index contributed by atoms with van der Waals surface area (Å²) in [6.45, 7) is 3.64. The number of allylic oxidation sites excluding steroid dienone is 1. The summed E-state index contributed by atoms with van der Waals surface area (Å²) in [7, 11) is -3.95. The van der Waals surface area contributed by atoms with E-state index >= 15 is 0 Å². The number of nitrogens with zero attached hydrogens (tertiary/aromatic N) is 1. The molecule has 1 N–H and O–H groups in total. The topological polar surface area (TPSA) is 83.6 Å². The molecule has 0 bridgehead atoms. The Bertz CT molecular complexity index is 738. The minimum Gasteiger partial charge on any atom is -0.329 e. The van der Waals surface area contributed by atoms with Gasteiger partial charge in [0.25, 0.3) is 15.9 Å². The predicted molar refractivity (Wildman–Crippen MR) is 70.1 cm³/mol. The number of amides is 2. The highest BCUT2D eigenvalue weighted by molar-refractivity contribution is 7.90. The van der Waals surface area contributed by atoms with Crippen LogP contribution in [-0.2, 0) is 14.8 Å². The maximum absolute atomic E-state index is 12.4. The summed E-state index contributed by atoms with van der Waals surface area (Å²) < 4.78 is 25.5. The molecule has 2 aliphatic rings. The highest BCUT2D eigenvalue weighted by atomic mass is 32.2. The molecule has 1 aromatic carbocycles. The van der Waals surface area contributed by atoms with Crippen LogP contribution in [0.4, 0.5) is 0 Å². The van der Waals surface area contributed by atoms with Gasteiger partial charge in [-0.05, 0) is 25.0 Å². The molecule has 2 amide bonds. The molecule has 1 atom stereocenters. The van der Waals surface area contributed by atoms with E-state index in [9.17, 15) is 18.0 Å². The molecular formula is C13H12N2O4S. The Morgan fingerprint density at radius 2 is 1.95 bits per heavy atom. The van der Waals surface area contributed by atoms with Crippen molar-refractivity contribution in [2.75, 3.05) is 0 Å². The Hall–Kier alpha value is -2.15. The van der Waals surface area contributed by atoms with Gasteiger partial charge in [-0.3, -0.25) is 9.59 Å². The van der Waals surface area contributed by atoms with Crippen molar-refractivity contribution in [3.05, 3.63) is 42.1 Å². The van der Waals surface area contributed by atoms with Crippen molar-refractivity contribution < 1.29 is 18.0 Å². The number of nitrogens with one attached hydrogen (secondary N) is 1. The minimum atomic E-state index is -3.95. The lowest BCUT2D eigenvalue weighted by Gasteiger charge is -2.29. The Morgan fingerprint density at radius 3 is 2.60 bits per heavy atom. The van der Waals surface area contributed by atoms with E-state index < -0.39 is 27.9 Å². The minimum absolute atomic E-state index is 0.0396. The molecule has 3 rings (SSSR count). The third-order valence-corrected chi connectivity index (χ3v) is 5.31. The number of carbonyl (C=O) groups excluding carboxylic acids is 2. The molecule has 2 heterocycles. The summed E-state index contributed by atoms with van der Waals surface area (Å²) in [5, 5.41) is 2.50. The van der Waals surface area contributed by atoms with E-state index in [4.69, 9.17) is 0 Å². The number of carbonyl (C=O) groups is 2. The van der Waals surface area contributed by atoms with Crippen molar-refractivity contribution in [1.29, 1.82) is 0 Å². The lowest BCUT2D eigenvalue weighted by atomic mass is 10.0. The lowest BCUT2D eigenvalue weighted by Crippen LogP contribution is -2.51. The standard InChI is InChI=1S/C13H12N2O4S/c1-8-6-7-10(12(16)14-8)15-13(17)9-4-2-3-5-11(9)20(15,18)19/h2-5,10H,1,6-7H2,(H,14,16). The molecular weight excluding hydrogens is 280 g/mol. The van der Waals surface area contributed by atoms with E-state index in [0.717, 1.165) is 0 Å². The second-order valence-corrected chi connectivity index (χ2v) is 6.53. The molecule has 1 saturated heterocycles. The number of sulfonamides is 1. The summed E-state index contributed by atoms with van der Waals surface area (Å²) in [5.74, 6) is -1.15. The van der Waals surface area contributed by atoms with Gasteiger partial charge < -0.3 is 5.32 Å². The van der Waals surface area contributed by atoms with Crippen LogP contribution < -0.4 is 5.32 Å². The molecule has 104 valence electrons. The van der Waals surface area contributed by atoms with Crippen LogP contribution >= 0.6 is 0 Å². The van der Waals surface area contributed by atoms with E-state index in [1.807, 2.05) is 0 Å². The van der Waals surface area contributed by atoms with Crippen LogP contribution in [0.1, 0.15) is 23.2 Å². The summed E-state index contributed by atoms with van der Waals surface area (Å²) in [4.78, 5) is 24.2. The van der Waals surface area contributed by atoms with Gasteiger partial charge in [0, 0.05) is 5.70 Å². The molecule has 7 heteroatoms. The molecule has 0 aromatic heterocycles. The van der Waals surface area contributed by atoms with Crippen molar-refractivity contribution in [2.24, 2.45) is 0 Å². The van der Waals surface area contributed by atoms with E-state index in [1.54, 1.807) is 12.1 Å². The summed E-state index contributed by atoms with van der Waals surface area (Å²) in [6.07, 6.45) is 0.704. The SMILES string of the molecule is C=C1CCC(N2C(=O)c3ccccc3S2(=O)=O)C(=O)N1. The van der Waals surface area contributed by atoms with E-state index in [0.29, 0.717) is 16.4 Å². The summed E-state index contributed by atoms with van der Waals surface area (Å²) >= 11 is 0. The van der Waals surface area contributed by atoms with E-state index in [1.165, 1.54) is 12.1 Å². The van der Waals surface area contributed by atoms with Crippen LogP contribution in [0.2, 0.25) is 0 Å². The van der Waals surface area contributed by atoms with E-state index in [-0.39, 0.29) is 16.9 Å². The maximum atomic E-state index is 12.4. The molecule has 0 spiro atoms. The fourth-order valence-corrected chi connectivity index (χ4v) is 4.25. The zero-order valence-electron chi connectivity index (χ0n) is 10.5. The van der Waals surface area contributed by atoms with Gasteiger partial charge in [0.15, 0.2) is 0 Å². The van der Waals surface area contributed by atoms with Crippen LogP contribution in [0.3, 0.4) is 0 Å². The van der Waals surface area contributed by atoms with Crippen molar-refractivity contribution in [1.82, 2.24) is 9.62 Å². The highest BCUT2D eigenvalue weighted by Gasteiger charge is 2.47. The quantitative estimate of drug-likeness (QED) is 0.822. The molecule has 2 aliphatic heterocycles. The Balaban J connectivity index is 2.07. The first-order valence-electron chi connectivity index (χ1n) is 6.09. The van der Waals surface area contributed by atoms with Crippen LogP contribution in [0.15, 0.2) is 41.4 Å². The maximum Gasteiger partial charge on any atom is 0.269 e. The molecule has 0 radical (unpaired) electrons. The van der Waals surface area contributed by atoms with E-state index in [2.05, 4.69) is 11.9 Å². The van der Waals surface area contributed by atoms with Crippen LogP contribution in [0, 0.1) is 0 Å². The second-order valence-electron chi connectivity index (χ2n) is 4.75. The van der Waals surface area contributed by atoms with Crippen LogP contribution in [-0.4, -0.2) is 30.6 Å². The van der Waals surface area contributed by atoms with Crippen LogP contribution in [0.5, 0.6) is 0 Å². The Labute approximate surface area is 116 Å². The van der Waals surface area contributed by atoms with Gasteiger partial charge in [-0.1, -0.05) is 18.7 Å². The first-order valence-corrected chi connectivity index (χ1v) is 7.53. The zero-order valence-corrected chi connectivity index (χ0v) is 11.3. The summed E-state index contributed by atoms with van der Waals surface area (Å²) in [5.41, 5.74) is 0.650. The Kier molecular flexibility index (Phi) is 2.68. The first-order chi connectivity index (χ1) is 9.43. The fraction of sp³-hybridized carbons (Fsp3) is 0.231. The highest BCUT2D eigenvalue weighted by Crippen LogP contribution is 2.33. The second kappa shape index (κ2) is 4.17. The normalized spacial score (nSPS) is 24.5. The van der Waals surface area contributed by atoms with Crippen molar-refractivity contribution >= 4 is 21.8 Å². The van der Waals surface area contributed by atoms with Gasteiger partial charge in [-0.2, -0.15) is 0 Å². The number of hydrogen-bond donors (Lipinski definition) is 1. The van der Waals surface area contributed by atoms with Gasteiger partial charge in [0.1, 0.15) is 10.9 Å². The fourth-order valence-electron chi connectivity index (χ4n) is 2.50. The van der Waals surface area contributed by atoms with Crippen molar-refractivity contribution in [2.45, 2.75) is 23.8 Å². The number of fused-ring (bicyclic) bond motifs is 1. The van der Waals surface area contributed by atoms with Crippen molar-refractivity contribution in [3.63, 3.8) is 0 Å². The molecule has 1 aromatic rings. The van der Waals surface area contributed by atoms with Gasteiger partial charge in [-0.25, -0.2) is 12.7 Å². The number of hydrogen-bond acceptors (Lipinski definition) is 4. The average molecular weight is 292 g/mol. The monoisotopic (exact) mass is 292 g/mol.